The molecule has 3 N–H and O–H groups in total. The van der Waals surface area contributed by atoms with Gasteiger partial charge in [-0.05, 0) is 31.2 Å². The molecule has 2 rings (SSSR count). The summed E-state index contributed by atoms with van der Waals surface area (Å²) in [5.41, 5.74) is 6.38. The Hall–Kier alpha value is -2.33. The summed E-state index contributed by atoms with van der Waals surface area (Å²) in [6.45, 7) is 2.09. The predicted molar refractivity (Wildman–Crippen MR) is 83.0 cm³/mol. The average molecular weight is 284 g/mol. The van der Waals surface area contributed by atoms with Crippen LogP contribution < -0.4 is 15.8 Å². The molecule has 0 saturated heterocycles. The van der Waals surface area contributed by atoms with Gasteiger partial charge in [0.1, 0.15) is 12.4 Å². The van der Waals surface area contributed by atoms with Crippen LogP contribution in [-0.2, 0) is 10.3 Å². The van der Waals surface area contributed by atoms with Crippen LogP contribution in [0.5, 0.6) is 5.75 Å². The van der Waals surface area contributed by atoms with Gasteiger partial charge in [0.25, 0.3) is 0 Å². The molecule has 0 spiro atoms. The number of para-hydroxylation sites is 1. The van der Waals surface area contributed by atoms with Gasteiger partial charge in [-0.2, -0.15) is 0 Å². The van der Waals surface area contributed by atoms with Crippen LogP contribution in [0.25, 0.3) is 0 Å². The van der Waals surface area contributed by atoms with Crippen LogP contribution in [0.1, 0.15) is 11.1 Å². The van der Waals surface area contributed by atoms with Crippen molar-refractivity contribution < 1.29 is 9.53 Å². The maximum atomic E-state index is 12.0. The maximum absolute atomic E-state index is 12.0. The number of nitrogens with two attached hydrogens (primary N) is 1. The molecule has 2 aromatic carbocycles. The van der Waals surface area contributed by atoms with Crippen LogP contribution in [0.4, 0.5) is 0 Å². The summed E-state index contributed by atoms with van der Waals surface area (Å²) in [4.78, 5) is 12.0. The molecule has 0 fully saturated rings. The van der Waals surface area contributed by atoms with Crippen molar-refractivity contribution in [2.45, 2.75) is 12.5 Å². The molecule has 110 valence electrons. The highest BCUT2D eigenvalue weighted by Gasteiger charge is 2.38. The lowest BCUT2D eigenvalue weighted by molar-refractivity contribution is -0.125. The molecule has 0 aliphatic heterocycles. The highest BCUT2D eigenvalue weighted by atomic mass is 16.5. The summed E-state index contributed by atoms with van der Waals surface area (Å²) in [6, 6.07) is 17.0. The van der Waals surface area contributed by atoms with E-state index in [4.69, 9.17) is 10.5 Å². The third kappa shape index (κ3) is 3.06. The molecule has 1 amide bonds. The Labute approximate surface area is 124 Å². The molecule has 0 radical (unpaired) electrons. The quantitative estimate of drug-likeness (QED) is 0.852. The molecule has 0 saturated carbocycles. The van der Waals surface area contributed by atoms with Crippen molar-refractivity contribution in [1.82, 2.24) is 5.32 Å². The summed E-state index contributed by atoms with van der Waals surface area (Å²) in [6.07, 6.45) is 0. The van der Waals surface area contributed by atoms with Crippen LogP contribution in [0.2, 0.25) is 0 Å². The van der Waals surface area contributed by atoms with E-state index in [-0.39, 0.29) is 6.61 Å². The number of primary amides is 1. The number of aryl methyl sites for hydroxylation is 1. The van der Waals surface area contributed by atoms with Gasteiger partial charge in [-0.3, -0.25) is 10.1 Å². The fourth-order valence-electron chi connectivity index (χ4n) is 2.26. The number of ether oxygens (including phenoxy) is 1. The maximum Gasteiger partial charge on any atom is 0.245 e. The largest absolute Gasteiger partial charge is 0.490 e. The standard InChI is InChI=1S/C17H20N2O2/c1-13-8-6-7-11-15(13)21-12-17(19-2,16(18)20)14-9-4-3-5-10-14/h3-11,19H,12H2,1-2H3,(H2,18,20). The van der Waals surface area contributed by atoms with Gasteiger partial charge in [0.15, 0.2) is 5.54 Å². The highest BCUT2D eigenvalue weighted by Crippen LogP contribution is 2.24. The Morgan fingerprint density at radius 1 is 1.14 bits per heavy atom. The fourth-order valence-corrected chi connectivity index (χ4v) is 2.26. The number of carbonyl (C=O) groups excluding carboxylic acids is 1. The Kier molecular flexibility index (Phi) is 4.60. The number of rotatable bonds is 6. The van der Waals surface area contributed by atoms with Crippen LogP contribution in [-0.4, -0.2) is 19.6 Å². The molecule has 4 nitrogen and oxygen atoms in total. The molecule has 0 aliphatic rings. The topological polar surface area (TPSA) is 64.3 Å². The van der Waals surface area contributed by atoms with Gasteiger partial charge in [-0.15, -0.1) is 0 Å². The van der Waals surface area contributed by atoms with Gasteiger partial charge in [0.2, 0.25) is 5.91 Å². The van der Waals surface area contributed by atoms with Crippen molar-refractivity contribution in [2.24, 2.45) is 5.73 Å². The monoisotopic (exact) mass is 284 g/mol. The third-order valence-corrected chi connectivity index (χ3v) is 3.65. The van der Waals surface area contributed by atoms with Crippen molar-refractivity contribution in [3.63, 3.8) is 0 Å². The van der Waals surface area contributed by atoms with E-state index in [1.165, 1.54) is 0 Å². The number of amides is 1. The van der Waals surface area contributed by atoms with Crippen molar-refractivity contribution in [1.29, 1.82) is 0 Å². The van der Waals surface area contributed by atoms with E-state index in [2.05, 4.69) is 5.32 Å². The summed E-state index contributed by atoms with van der Waals surface area (Å²) in [7, 11) is 1.71. The number of hydrogen-bond acceptors (Lipinski definition) is 3. The molecule has 1 unspecified atom stereocenters. The minimum absolute atomic E-state index is 0.133. The first kappa shape index (κ1) is 15.1. The number of hydrogen-bond donors (Lipinski definition) is 2. The molecule has 21 heavy (non-hydrogen) atoms. The lowest BCUT2D eigenvalue weighted by Gasteiger charge is -2.30. The summed E-state index contributed by atoms with van der Waals surface area (Å²) >= 11 is 0. The average Bonchev–Trinajstić information content (AvgIpc) is 2.51. The SMILES string of the molecule is CNC(COc1ccccc1C)(C(N)=O)c1ccccc1. The lowest BCUT2D eigenvalue weighted by Crippen LogP contribution is -2.55. The zero-order chi connectivity index (χ0) is 15.3. The van der Waals surface area contributed by atoms with E-state index in [1.54, 1.807) is 7.05 Å². The molecule has 0 aromatic heterocycles. The molecule has 0 bridgehead atoms. The minimum Gasteiger partial charge on any atom is -0.490 e. The molecule has 0 aliphatic carbocycles. The van der Waals surface area contributed by atoms with Gasteiger partial charge >= 0.3 is 0 Å². The Morgan fingerprint density at radius 3 is 2.33 bits per heavy atom. The minimum atomic E-state index is -1.05. The summed E-state index contributed by atoms with van der Waals surface area (Å²) in [5.74, 6) is 0.277. The van der Waals surface area contributed by atoms with E-state index >= 15 is 0 Å². The van der Waals surface area contributed by atoms with Gasteiger partial charge in [0, 0.05) is 0 Å². The van der Waals surface area contributed by atoms with E-state index < -0.39 is 11.4 Å². The van der Waals surface area contributed by atoms with Crippen molar-refractivity contribution >= 4 is 5.91 Å². The lowest BCUT2D eigenvalue weighted by atomic mass is 9.90. The smallest absolute Gasteiger partial charge is 0.245 e. The van der Waals surface area contributed by atoms with Gasteiger partial charge in [0.05, 0.1) is 0 Å². The van der Waals surface area contributed by atoms with Gasteiger partial charge in [-0.25, -0.2) is 0 Å². The molecule has 2 aromatic rings. The first-order valence-corrected chi connectivity index (χ1v) is 6.83. The molecular formula is C17H20N2O2. The van der Waals surface area contributed by atoms with E-state index in [1.807, 2.05) is 61.5 Å². The van der Waals surface area contributed by atoms with Crippen molar-refractivity contribution in [3.05, 3.63) is 65.7 Å². The third-order valence-electron chi connectivity index (χ3n) is 3.65. The van der Waals surface area contributed by atoms with Crippen LogP contribution >= 0.6 is 0 Å². The Morgan fingerprint density at radius 2 is 1.76 bits per heavy atom. The number of nitrogens with one attached hydrogen (secondary N) is 1. The summed E-state index contributed by atoms with van der Waals surface area (Å²) < 4.78 is 5.85. The van der Waals surface area contributed by atoms with Gasteiger partial charge < -0.3 is 10.5 Å². The van der Waals surface area contributed by atoms with Crippen molar-refractivity contribution in [2.75, 3.05) is 13.7 Å². The van der Waals surface area contributed by atoms with E-state index in [9.17, 15) is 4.79 Å². The number of carbonyl (C=O) groups is 1. The Balaban J connectivity index is 2.30. The molecule has 0 heterocycles. The van der Waals surface area contributed by atoms with E-state index in [0.717, 1.165) is 16.9 Å². The second-order valence-electron chi connectivity index (χ2n) is 4.94. The highest BCUT2D eigenvalue weighted by molar-refractivity contribution is 5.86. The first-order chi connectivity index (χ1) is 10.1. The number of likely N-dealkylation sites (N-methyl/N-ethyl adjacent to an activating group) is 1. The molecular weight excluding hydrogens is 264 g/mol. The molecule has 4 heteroatoms. The fraction of sp³-hybridized carbons (Fsp3) is 0.235. The van der Waals surface area contributed by atoms with Crippen molar-refractivity contribution in [3.8, 4) is 5.75 Å². The summed E-state index contributed by atoms with van der Waals surface area (Å²) in [5, 5.41) is 3.02. The number of benzene rings is 2. The second-order valence-corrected chi connectivity index (χ2v) is 4.94. The zero-order valence-electron chi connectivity index (χ0n) is 12.3. The molecule has 1 atom stereocenters. The van der Waals surface area contributed by atoms with Crippen LogP contribution in [0.15, 0.2) is 54.6 Å². The normalized spacial score (nSPS) is 13.4. The van der Waals surface area contributed by atoms with Gasteiger partial charge in [-0.1, -0.05) is 48.5 Å². The zero-order valence-corrected chi connectivity index (χ0v) is 12.3. The second kappa shape index (κ2) is 6.41. The first-order valence-electron chi connectivity index (χ1n) is 6.83. The predicted octanol–water partition coefficient (Wildman–Crippen LogP) is 1.97. The van der Waals surface area contributed by atoms with E-state index in [0.29, 0.717) is 0 Å². The van der Waals surface area contributed by atoms with Crippen LogP contribution in [0.3, 0.4) is 0 Å². The van der Waals surface area contributed by atoms with Crippen LogP contribution in [0, 0.1) is 6.92 Å². The Bertz CT molecular complexity index is 613.